The highest BCUT2D eigenvalue weighted by Gasteiger charge is 2.36. The van der Waals surface area contributed by atoms with Crippen molar-refractivity contribution in [3.8, 4) is 0 Å². The van der Waals surface area contributed by atoms with Gasteiger partial charge in [0.05, 0.1) is 5.60 Å². The molecule has 0 saturated heterocycles. The first kappa shape index (κ1) is 14.0. The van der Waals surface area contributed by atoms with Gasteiger partial charge in [0, 0.05) is 0 Å². The van der Waals surface area contributed by atoms with Crippen LogP contribution in [0.3, 0.4) is 0 Å². The fourth-order valence-corrected chi connectivity index (χ4v) is 3.05. The van der Waals surface area contributed by atoms with Crippen molar-refractivity contribution in [2.45, 2.75) is 78.2 Å². The summed E-state index contributed by atoms with van der Waals surface area (Å²) >= 11 is 0. The van der Waals surface area contributed by atoms with E-state index in [4.69, 9.17) is 0 Å². The van der Waals surface area contributed by atoms with Crippen LogP contribution in [-0.2, 0) is 0 Å². The molecule has 0 aromatic rings. The van der Waals surface area contributed by atoms with Gasteiger partial charge < -0.3 is 5.11 Å². The first-order valence-electron chi connectivity index (χ1n) is 7.19. The van der Waals surface area contributed by atoms with Gasteiger partial charge in [-0.2, -0.15) is 0 Å². The summed E-state index contributed by atoms with van der Waals surface area (Å²) in [7, 11) is 0. The number of unbranched alkanes of at least 4 members (excludes halogenated alkanes) is 2. The molecule has 1 fully saturated rings. The lowest BCUT2D eigenvalue weighted by Crippen LogP contribution is -2.39. The molecule has 0 spiro atoms. The average molecular weight is 226 g/mol. The molecule has 0 heterocycles. The predicted octanol–water partition coefficient (Wildman–Crippen LogP) is 4.39. The Labute approximate surface area is 102 Å². The largest absolute Gasteiger partial charge is 0.390 e. The van der Waals surface area contributed by atoms with Gasteiger partial charge in [0.25, 0.3) is 0 Å². The fourth-order valence-electron chi connectivity index (χ4n) is 3.05. The van der Waals surface area contributed by atoms with E-state index >= 15 is 0 Å². The highest BCUT2D eigenvalue weighted by Crippen LogP contribution is 2.40. The Balaban J connectivity index is 2.42. The third kappa shape index (κ3) is 3.76. The molecule has 1 nitrogen and oxygen atoms in total. The molecule has 0 radical (unpaired) electrons. The van der Waals surface area contributed by atoms with Crippen LogP contribution >= 0.6 is 0 Å². The molecule has 1 heteroatoms. The lowest BCUT2D eigenvalue weighted by Gasteiger charge is -2.40. The van der Waals surface area contributed by atoms with Gasteiger partial charge in [-0.25, -0.2) is 0 Å². The minimum Gasteiger partial charge on any atom is -0.390 e. The second-order valence-corrected chi connectivity index (χ2v) is 6.28. The Morgan fingerprint density at radius 3 is 2.38 bits per heavy atom. The zero-order chi connectivity index (χ0) is 12.2. The van der Waals surface area contributed by atoms with Crippen LogP contribution in [-0.4, -0.2) is 10.7 Å². The van der Waals surface area contributed by atoms with Crippen LogP contribution in [0.4, 0.5) is 0 Å². The van der Waals surface area contributed by atoms with E-state index < -0.39 is 5.60 Å². The summed E-state index contributed by atoms with van der Waals surface area (Å²) in [4.78, 5) is 0. The van der Waals surface area contributed by atoms with Crippen LogP contribution in [0.2, 0.25) is 0 Å². The maximum atomic E-state index is 10.6. The topological polar surface area (TPSA) is 20.2 Å². The molecule has 16 heavy (non-hydrogen) atoms. The SMILES string of the molecule is CCCCCC(C)(O)C1CCC(C)C(C)C1. The summed E-state index contributed by atoms with van der Waals surface area (Å²) in [5.74, 6) is 2.18. The molecule has 1 rings (SSSR count). The van der Waals surface area contributed by atoms with Gasteiger partial charge in [-0.05, 0) is 43.9 Å². The lowest BCUT2D eigenvalue weighted by molar-refractivity contribution is -0.0398. The first-order valence-corrected chi connectivity index (χ1v) is 7.19. The molecule has 1 aliphatic rings. The summed E-state index contributed by atoms with van der Waals surface area (Å²) in [6.07, 6.45) is 8.43. The Morgan fingerprint density at radius 2 is 1.81 bits per heavy atom. The maximum Gasteiger partial charge on any atom is 0.0647 e. The van der Waals surface area contributed by atoms with Gasteiger partial charge in [0.2, 0.25) is 0 Å². The van der Waals surface area contributed by atoms with Crippen molar-refractivity contribution >= 4 is 0 Å². The van der Waals surface area contributed by atoms with Crippen LogP contribution in [0.1, 0.15) is 72.6 Å². The predicted molar refractivity (Wildman–Crippen MR) is 70.4 cm³/mol. The van der Waals surface area contributed by atoms with Crippen LogP contribution in [0.25, 0.3) is 0 Å². The summed E-state index contributed by atoms with van der Waals surface area (Å²) in [6, 6.07) is 0. The zero-order valence-electron chi connectivity index (χ0n) is 11.6. The third-order valence-corrected chi connectivity index (χ3v) is 4.76. The second-order valence-electron chi connectivity index (χ2n) is 6.28. The van der Waals surface area contributed by atoms with Gasteiger partial charge in [-0.1, -0.05) is 46.5 Å². The Kier molecular flexibility index (Phi) is 5.30. The smallest absolute Gasteiger partial charge is 0.0647 e. The van der Waals surface area contributed by atoms with Crippen molar-refractivity contribution < 1.29 is 5.11 Å². The standard InChI is InChI=1S/C15H30O/c1-5-6-7-10-15(4,16)14-9-8-12(2)13(3)11-14/h12-14,16H,5-11H2,1-4H3. The van der Waals surface area contributed by atoms with Gasteiger partial charge in [0.1, 0.15) is 0 Å². The van der Waals surface area contributed by atoms with Crippen molar-refractivity contribution in [1.82, 2.24) is 0 Å². The van der Waals surface area contributed by atoms with E-state index in [9.17, 15) is 5.11 Å². The van der Waals surface area contributed by atoms with E-state index in [2.05, 4.69) is 27.7 Å². The number of aliphatic hydroxyl groups is 1. The van der Waals surface area contributed by atoms with Crippen LogP contribution in [0.5, 0.6) is 0 Å². The van der Waals surface area contributed by atoms with E-state index in [1.807, 2.05) is 0 Å². The highest BCUT2D eigenvalue weighted by molar-refractivity contribution is 4.87. The van der Waals surface area contributed by atoms with Crippen molar-refractivity contribution in [2.75, 3.05) is 0 Å². The molecular formula is C15H30O. The molecule has 1 aliphatic carbocycles. The molecule has 0 amide bonds. The van der Waals surface area contributed by atoms with Gasteiger partial charge in [-0.3, -0.25) is 0 Å². The van der Waals surface area contributed by atoms with Crippen molar-refractivity contribution in [2.24, 2.45) is 17.8 Å². The van der Waals surface area contributed by atoms with E-state index in [0.717, 1.165) is 18.3 Å². The highest BCUT2D eigenvalue weighted by atomic mass is 16.3. The molecule has 1 N–H and O–H groups in total. The second kappa shape index (κ2) is 6.05. The molecule has 0 aromatic carbocycles. The van der Waals surface area contributed by atoms with Crippen LogP contribution < -0.4 is 0 Å². The van der Waals surface area contributed by atoms with Gasteiger partial charge in [-0.15, -0.1) is 0 Å². The van der Waals surface area contributed by atoms with Crippen molar-refractivity contribution in [1.29, 1.82) is 0 Å². The molecule has 4 unspecified atom stereocenters. The monoisotopic (exact) mass is 226 g/mol. The van der Waals surface area contributed by atoms with Crippen molar-refractivity contribution in [3.63, 3.8) is 0 Å². The maximum absolute atomic E-state index is 10.6. The number of rotatable bonds is 5. The lowest BCUT2D eigenvalue weighted by atomic mass is 9.69. The van der Waals surface area contributed by atoms with E-state index in [-0.39, 0.29) is 0 Å². The number of hydrogen-bond donors (Lipinski definition) is 1. The molecule has 4 atom stereocenters. The van der Waals surface area contributed by atoms with Gasteiger partial charge in [0.15, 0.2) is 0 Å². The minimum atomic E-state index is -0.413. The van der Waals surface area contributed by atoms with Crippen molar-refractivity contribution in [3.05, 3.63) is 0 Å². The van der Waals surface area contributed by atoms with Crippen LogP contribution in [0, 0.1) is 17.8 Å². The summed E-state index contributed by atoms with van der Waals surface area (Å²) < 4.78 is 0. The molecule has 96 valence electrons. The normalized spacial score (nSPS) is 34.7. The molecule has 0 bridgehead atoms. The Morgan fingerprint density at radius 1 is 1.12 bits per heavy atom. The average Bonchev–Trinajstić information content (AvgIpc) is 2.22. The third-order valence-electron chi connectivity index (χ3n) is 4.76. The van der Waals surface area contributed by atoms with E-state index in [1.165, 1.54) is 38.5 Å². The molecule has 0 aromatic heterocycles. The van der Waals surface area contributed by atoms with E-state index in [0.29, 0.717) is 5.92 Å². The van der Waals surface area contributed by atoms with Crippen LogP contribution in [0.15, 0.2) is 0 Å². The molecule has 1 saturated carbocycles. The number of hydrogen-bond acceptors (Lipinski definition) is 1. The summed E-state index contributed by atoms with van der Waals surface area (Å²) in [5, 5.41) is 10.6. The van der Waals surface area contributed by atoms with E-state index in [1.54, 1.807) is 0 Å². The van der Waals surface area contributed by atoms with Gasteiger partial charge >= 0.3 is 0 Å². The summed E-state index contributed by atoms with van der Waals surface area (Å²) in [6.45, 7) is 8.99. The first-order chi connectivity index (χ1) is 7.47. The zero-order valence-corrected chi connectivity index (χ0v) is 11.6. The molecule has 0 aliphatic heterocycles. The minimum absolute atomic E-state index is 0.413. The molecular weight excluding hydrogens is 196 g/mol. The quantitative estimate of drug-likeness (QED) is 0.689. The Hall–Kier alpha value is -0.0400. The fraction of sp³-hybridized carbons (Fsp3) is 1.00. The summed E-state index contributed by atoms with van der Waals surface area (Å²) in [5.41, 5.74) is -0.413. The Bertz CT molecular complexity index is 198.